The highest BCUT2D eigenvalue weighted by atomic mass is 19.1. The number of rotatable bonds is 4. The molecule has 0 aliphatic heterocycles. The third-order valence-electron chi connectivity index (χ3n) is 4.23. The van der Waals surface area contributed by atoms with E-state index in [4.69, 9.17) is 16.2 Å². The highest BCUT2D eigenvalue weighted by molar-refractivity contribution is 5.70. The van der Waals surface area contributed by atoms with Crippen LogP contribution in [0.4, 0.5) is 15.8 Å². The number of nitrogen functional groups attached to an aromatic ring is 2. The van der Waals surface area contributed by atoms with Crippen molar-refractivity contribution in [1.29, 1.82) is 0 Å². The molecule has 0 saturated carbocycles. The lowest BCUT2D eigenvalue weighted by atomic mass is 9.95. The van der Waals surface area contributed by atoms with Crippen LogP contribution in [0.5, 0.6) is 17.5 Å². The number of nitrogens with zero attached hydrogens (tertiary/aromatic N) is 1. The van der Waals surface area contributed by atoms with Crippen molar-refractivity contribution in [2.75, 3.05) is 18.1 Å². The Morgan fingerprint density at radius 3 is 2.30 bits per heavy atom. The van der Waals surface area contributed by atoms with E-state index in [1.165, 1.54) is 4.57 Å². The van der Waals surface area contributed by atoms with Crippen molar-refractivity contribution < 1.29 is 19.3 Å². The molecular formula is C16H20FN3O3. The zero-order chi connectivity index (χ0) is 16.6. The smallest absolute Gasteiger partial charge is 0.197 e. The molecule has 1 heterocycles. The van der Waals surface area contributed by atoms with E-state index in [2.05, 4.69) is 0 Å². The van der Waals surface area contributed by atoms with Crippen LogP contribution in [-0.2, 0) is 19.4 Å². The van der Waals surface area contributed by atoms with Gasteiger partial charge in [-0.25, -0.2) is 4.39 Å². The van der Waals surface area contributed by atoms with Crippen molar-refractivity contribution in [3.63, 3.8) is 0 Å². The number of ether oxygens (including phenoxy) is 1. The Morgan fingerprint density at radius 2 is 1.70 bits per heavy atom. The first-order chi connectivity index (χ1) is 11.0. The van der Waals surface area contributed by atoms with Crippen molar-refractivity contribution in [3.05, 3.63) is 29.1 Å². The molecule has 1 aromatic heterocycles. The molecule has 0 spiro atoms. The number of aromatic nitrogens is 1. The maximum Gasteiger partial charge on any atom is 0.197 e. The number of halogens is 1. The molecule has 6 N–H and O–H groups in total. The maximum atomic E-state index is 13.3. The second kappa shape index (κ2) is 5.91. The molecule has 1 aliphatic carbocycles. The fourth-order valence-corrected chi connectivity index (χ4v) is 3.02. The minimum absolute atomic E-state index is 0.0764. The van der Waals surface area contributed by atoms with Gasteiger partial charge in [-0.1, -0.05) is 0 Å². The number of fused-ring (bicyclic) bond motifs is 1. The van der Waals surface area contributed by atoms with E-state index < -0.39 is 5.82 Å². The molecule has 124 valence electrons. The van der Waals surface area contributed by atoms with Crippen LogP contribution in [0, 0.1) is 5.82 Å². The van der Waals surface area contributed by atoms with Gasteiger partial charge in [-0.3, -0.25) is 4.57 Å². The fourth-order valence-electron chi connectivity index (χ4n) is 3.02. The van der Waals surface area contributed by atoms with Gasteiger partial charge in [0.05, 0.1) is 17.9 Å². The zero-order valence-electron chi connectivity index (χ0n) is 12.7. The van der Waals surface area contributed by atoms with Gasteiger partial charge in [0.2, 0.25) is 0 Å². The predicted molar refractivity (Wildman–Crippen MR) is 85.1 cm³/mol. The molecule has 0 saturated heterocycles. The normalized spacial score (nSPS) is 13.8. The third-order valence-corrected chi connectivity index (χ3v) is 4.23. The molecule has 0 amide bonds. The topological polar surface area (TPSA) is 107 Å². The largest absolute Gasteiger partial charge is 0.494 e. The first-order valence-corrected chi connectivity index (χ1v) is 7.58. The molecule has 0 bridgehead atoms. The van der Waals surface area contributed by atoms with Gasteiger partial charge in [-0.15, -0.1) is 0 Å². The molecule has 0 atom stereocenters. The standard InChI is InChI=1S/C16H20FN3O3/c17-9-7-12(18)14(19)13(8-9)23-6-5-20-15(21)10-3-1-2-4-11(10)16(20)22/h7-8,21-22H,1-6,18-19H2. The molecular weight excluding hydrogens is 301 g/mol. The van der Waals surface area contributed by atoms with Gasteiger partial charge >= 0.3 is 0 Å². The quantitative estimate of drug-likeness (QED) is 0.646. The van der Waals surface area contributed by atoms with Crippen LogP contribution in [0.3, 0.4) is 0 Å². The van der Waals surface area contributed by atoms with Crippen LogP contribution >= 0.6 is 0 Å². The highest BCUT2D eigenvalue weighted by Crippen LogP contribution is 2.38. The van der Waals surface area contributed by atoms with Crippen LogP contribution < -0.4 is 16.2 Å². The molecule has 6 nitrogen and oxygen atoms in total. The van der Waals surface area contributed by atoms with Crippen LogP contribution in [0.1, 0.15) is 24.0 Å². The summed E-state index contributed by atoms with van der Waals surface area (Å²) in [5, 5.41) is 20.5. The third kappa shape index (κ3) is 2.74. The number of anilines is 2. The molecule has 3 rings (SSSR count). The fraction of sp³-hybridized carbons (Fsp3) is 0.375. The van der Waals surface area contributed by atoms with Crippen molar-refractivity contribution in [2.45, 2.75) is 32.2 Å². The van der Waals surface area contributed by atoms with E-state index in [0.717, 1.165) is 48.9 Å². The molecule has 0 radical (unpaired) electrons. The molecule has 0 unspecified atom stereocenters. The van der Waals surface area contributed by atoms with Crippen LogP contribution in [0.15, 0.2) is 12.1 Å². The van der Waals surface area contributed by atoms with E-state index >= 15 is 0 Å². The monoisotopic (exact) mass is 321 g/mol. The van der Waals surface area contributed by atoms with E-state index in [9.17, 15) is 14.6 Å². The average Bonchev–Trinajstić information content (AvgIpc) is 2.77. The Kier molecular flexibility index (Phi) is 3.94. The first kappa shape index (κ1) is 15.3. The van der Waals surface area contributed by atoms with Gasteiger partial charge in [0.15, 0.2) is 11.8 Å². The number of nitrogens with two attached hydrogens (primary N) is 2. The second-order valence-corrected chi connectivity index (χ2v) is 5.72. The number of aromatic hydroxyl groups is 2. The van der Waals surface area contributed by atoms with Gasteiger partial charge in [-0.2, -0.15) is 0 Å². The van der Waals surface area contributed by atoms with Gasteiger partial charge in [0.1, 0.15) is 18.2 Å². The van der Waals surface area contributed by atoms with Crippen LogP contribution in [-0.4, -0.2) is 21.4 Å². The first-order valence-electron chi connectivity index (χ1n) is 7.58. The second-order valence-electron chi connectivity index (χ2n) is 5.72. The zero-order valence-corrected chi connectivity index (χ0v) is 12.7. The predicted octanol–water partition coefficient (Wildman–Crippen LogP) is 2.16. The van der Waals surface area contributed by atoms with Crippen LogP contribution in [0.25, 0.3) is 0 Å². The van der Waals surface area contributed by atoms with E-state index in [1.54, 1.807) is 0 Å². The molecule has 1 aromatic carbocycles. The summed E-state index contributed by atoms with van der Waals surface area (Å²) in [5.74, 6) is -0.229. The molecule has 7 heteroatoms. The number of hydrogen-bond acceptors (Lipinski definition) is 5. The Morgan fingerprint density at radius 1 is 1.09 bits per heavy atom. The van der Waals surface area contributed by atoms with E-state index in [-0.39, 0.29) is 42.0 Å². The summed E-state index contributed by atoms with van der Waals surface area (Å²) in [6, 6.07) is 2.28. The van der Waals surface area contributed by atoms with Crippen molar-refractivity contribution in [2.24, 2.45) is 0 Å². The summed E-state index contributed by atoms with van der Waals surface area (Å²) in [6.07, 6.45) is 3.52. The van der Waals surface area contributed by atoms with Crippen molar-refractivity contribution >= 4 is 11.4 Å². The van der Waals surface area contributed by atoms with E-state index in [1.807, 2.05) is 0 Å². The average molecular weight is 321 g/mol. The van der Waals surface area contributed by atoms with Crippen LogP contribution in [0.2, 0.25) is 0 Å². The van der Waals surface area contributed by atoms with Crippen molar-refractivity contribution in [3.8, 4) is 17.5 Å². The maximum absolute atomic E-state index is 13.3. The minimum Gasteiger partial charge on any atom is -0.494 e. The Bertz CT molecular complexity index is 713. The minimum atomic E-state index is -0.533. The highest BCUT2D eigenvalue weighted by Gasteiger charge is 2.24. The molecule has 2 aromatic rings. The summed E-state index contributed by atoms with van der Waals surface area (Å²) < 4.78 is 20.2. The summed E-state index contributed by atoms with van der Waals surface area (Å²) in [6.45, 7) is 0.336. The summed E-state index contributed by atoms with van der Waals surface area (Å²) in [7, 11) is 0. The molecule has 23 heavy (non-hydrogen) atoms. The SMILES string of the molecule is Nc1cc(F)cc(OCCn2c(O)c3c(c2O)CCCC3)c1N. The Labute approximate surface area is 133 Å². The van der Waals surface area contributed by atoms with Gasteiger partial charge in [0.25, 0.3) is 0 Å². The summed E-state index contributed by atoms with van der Waals surface area (Å²) in [5.41, 5.74) is 13.2. The Balaban J connectivity index is 1.74. The summed E-state index contributed by atoms with van der Waals surface area (Å²) >= 11 is 0. The lowest BCUT2D eigenvalue weighted by Crippen LogP contribution is -2.09. The van der Waals surface area contributed by atoms with Gasteiger partial charge in [0, 0.05) is 17.2 Å². The molecule has 0 fully saturated rings. The van der Waals surface area contributed by atoms with E-state index in [0.29, 0.717) is 0 Å². The number of hydrogen-bond donors (Lipinski definition) is 4. The Hall–Kier alpha value is -2.57. The lowest BCUT2D eigenvalue weighted by molar-refractivity contribution is 0.274. The summed E-state index contributed by atoms with van der Waals surface area (Å²) in [4.78, 5) is 0. The van der Waals surface area contributed by atoms with Crippen molar-refractivity contribution in [1.82, 2.24) is 4.57 Å². The van der Waals surface area contributed by atoms with Gasteiger partial charge in [-0.05, 0) is 31.7 Å². The van der Waals surface area contributed by atoms with Gasteiger partial charge < -0.3 is 26.4 Å². The lowest BCUT2D eigenvalue weighted by Gasteiger charge is -2.12. The number of benzene rings is 1. The molecule has 1 aliphatic rings.